The molecule has 0 saturated carbocycles. The Labute approximate surface area is 575 Å². The van der Waals surface area contributed by atoms with Crippen LogP contribution in [0.4, 0.5) is 22.7 Å². The summed E-state index contributed by atoms with van der Waals surface area (Å²) in [6.45, 7) is 9.22. The van der Waals surface area contributed by atoms with Gasteiger partial charge in [0.2, 0.25) is 0 Å². The Balaban J connectivity index is 0.000000342. The van der Waals surface area contributed by atoms with E-state index in [0.29, 0.717) is 35.1 Å². The van der Waals surface area contributed by atoms with Crippen LogP contribution in [0.5, 0.6) is 0 Å². The maximum atomic E-state index is 12.8. The molecule has 6 aromatic rings. The number of anilines is 4. The Kier molecular flexibility index (Phi) is 36.2. The van der Waals surface area contributed by atoms with Gasteiger partial charge in [0.05, 0.1) is 0 Å². The first kappa shape index (κ1) is 81.1. The van der Waals surface area contributed by atoms with Gasteiger partial charge in [-0.3, -0.25) is 59.2 Å². The Hall–Kier alpha value is -11.2. The largest absolute Gasteiger partial charge is 0.388 e. The SMILES string of the molecule is CCC(/C=C/C(=O)NO)=C\[C@@H](C)C(=O)c1ccc(N(C)C)cc1.CNc1ccc(C(=O)[C@H](C)/C=C(/C=C/C(=O)NO)c2ccccc2)cc1.C[C@H](/C=C(/C=C/C(=O)NO)Cc1ccccc1)C(=O)c1ccc(N(C)C)cc1.C[C@H](/C=C/C=C/C(=O)NO)C(=O)c1ccc(N(C)C)cc1. The molecule has 0 heterocycles. The molecule has 6 rings (SSSR count). The normalized spacial score (nSPS) is 12.7. The molecule has 0 bridgehead atoms. The van der Waals surface area contributed by atoms with Crippen molar-refractivity contribution in [3.8, 4) is 0 Å². The topological polar surface area (TPSA) is 287 Å². The fourth-order valence-electron chi connectivity index (χ4n) is 9.08. The monoisotopic (exact) mass is 1330 g/mol. The van der Waals surface area contributed by atoms with Crippen LogP contribution in [-0.4, -0.2) is 117 Å². The van der Waals surface area contributed by atoms with E-state index in [2.05, 4.69) is 5.32 Å². The van der Waals surface area contributed by atoms with Crippen molar-refractivity contribution in [2.24, 2.45) is 23.7 Å². The highest BCUT2D eigenvalue weighted by atomic mass is 16.5. The Morgan fingerprint density at radius 3 is 1.09 bits per heavy atom. The molecule has 4 atom stereocenters. The summed E-state index contributed by atoms with van der Waals surface area (Å²) in [5, 5.41) is 37.1. The standard InChI is InChI=1S/C23H26N2O3.C21H22N2O3.C18H24N2O3.C16H20N2O3/c1-17(23(27)20-10-12-21(13-11-20)25(2)3)15-19(9-14-22(26)24-28)16-18-7-5-4-6-8-18;1-15(21(25)17-8-11-19(22-2)12-9-17)14-18(10-13-20(24)23-26)16-6-4-3-5-7-16;1-5-14(6-11-17(21)19-23)12-13(2)18(22)15-7-9-16(10-8-15)20(3)4;1-12(6-4-5-7-15(19)17-21)16(20)13-8-10-14(11-9-13)18(2)3/h4-15,17,28H,16H2,1-3H3,(H,24,26);3-15,22,26H,1-2H3,(H,23,24);6-13,23H,5H2,1-4H3,(H,19,21);4-12,21H,1-3H3,(H,17,19)/b14-9+,19-15-;13-10+,18-14-;11-6+,14-12+;6-4+,7-5+/t17-;15-;13-;12-/m1111/s1. The molecule has 98 heavy (non-hydrogen) atoms. The molecule has 0 fully saturated rings. The third-order valence-corrected chi connectivity index (χ3v) is 14.8. The quantitative estimate of drug-likeness (QED) is 0.00725. The third kappa shape index (κ3) is 29.2. The van der Waals surface area contributed by atoms with E-state index in [9.17, 15) is 38.4 Å². The smallest absolute Gasteiger partial charge is 0.267 e. The summed E-state index contributed by atoms with van der Waals surface area (Å²) in [6.07, 6.45) is 21.2. The number of rotatable bonds is 28. The second-order valence-electron chi connectivity index (χ2n) is 22.9. The highest BCUT2D eigenvalue weighted by Gasteiger charge is 2.18. The molecule has 0 aliphatic carbocycles. The second-order valence-corrected chi connectivity index (χ2v) is 22.9. The second kappa shape index (κ2) is 43.7. The minimum absolute atomic E-state index is 0.0101. The molecule has 0 aliphatic rings. The van der Waals surface area contributed by atoms with E-state index in [1.165, 1.54) is 41.3 Å². The van der Waals surface area contributed by atoms with Gasteiger partial charge in [0.1, 0.15) is 0 Å². The lowest BCUT2D eigenvalue weighted by molar-refractivity contribution is -0.124. The predicted octanol–water partition coefficient (Wildman–Crippen LogP) is 12.7. The maximum absolute atomic E-state index is 12.8. The number of hydrogen-bond donors (Lipinski definition) is 9. The number of nitrogens with one attached hydrogen (secondary N) is 5. The van der Waals surface area contributed by atoms with E-state index in [-0.39, 0.29) is 46.8 Å². The van der Waals surface area contributed by atoms with E-state index in [1.54, 1.807) is 72.5 Å². The molecule has 6 aromatic carbocycles. The molecule has 0 saturated heterocycles. The van der Waals surface area contributed by atoms with Gasteiger partial charge in [-0.2, -0.15) is 0 Å². The fourth-order valence-corrected chi connectivity index (χ4v) is 9.08. The van der Waals surface area contributed by atoms with Crippen molar-refractivity contribution >= 4 is 75.1 Å². The van der Waals surface area contributed by atoms with Gasteiger partial charge in [-0.15, -0.1) is 0 Å². The average molecular weight is 1330 g/mol. The van der Waals surface area contributed by atoms with Gasteiger partial charge < -0.3 is 20.0 Å². The van der Waals surface area contributed by atoms with Crippen molar-refractivity contribution < 1.29 is 59.2 Å². The van der Waals surface area contributed by atoms with Gasteiger partial charge >= 0.3 is 0 Å². The Bertz CT molecular complexity index is 3800. The van der Waals surface area contributed by atoms with Crippen LogP contribution >= 0.6 is 0 Å². The van der Waals surface area contributed by atoms with Gasteiger partial charge in [-0.05, 0) is 138 Å². The summed E-state index contributed by atoms with van der Waals surface area (Å²) in [5.74, 6) is -3.74. The Morgan fingerprint density at radius 1 is 0.378 bits per heavy atom. The number of hydroxylamine groups is 4. The zero-order chi connectivity index (χ0) is 72.7. The van der Waals surface area contributed by atoms with Crippen LogP contribution in [0, 0.1) is 23.7 Å². The predicted molar refractivity (Wildman–Crippen MR) is 389 cm³/mol. The minimum atomic E-state index is -0.631. The number of ketones is 4. The van der Waals surface area contributed by atoms with Gasteiger partial charge in [0.25, 0.3) is 23.6 Å². The lowest BCUT2D eigenvalue weighted by Gasteiger charge is -2.13. The molecular formula is C78H92N8O12. The Morgan fingerprint density at radius 2 is 0.714 bits per heavy atom. The highest BCUT2D eigenvalue weighted by Crippen LogP contribution is 2.24. The van der Waals surface area contributed by atoms with Crippen LogP contribution in [-0.2, 0) is 25.6 Å². The van der Waals surface area contributed by atoms with E-state index < -0.39 is 23.6 Å². The summed E-state index contributed by atoms with van der Waals surface area (Å²) in [4.78, 5) is 101. The molecule has 516 valence electrons. The number of allylic oxidation sites excluding steroid dienone is 12. The first-order valence-corrected chi connectivity index (χ1v) is 31.4. The van der Waals surface area contributed by atoms with E-state index in [1.807, 2.05) is 243 Å². The number of benzene rings is 6. The van der Waals surface area contributed by atoms with Crippen molar-refractivity contribution in [3.05, 3.63) is 281 Å². The fraction of sp³-hybridized carbons (Fsp3) is 0.231. The highest BCUT2D eigenvalue weighted by molar-refractivity contribution is 6.02. The summed E-state index contributed by atoms with van der Waals surface area (Å²) in [7, 11) is 13.5. The summed E-state index contributed by atoms with van der Waals surface area (Å²) < 4.78 is 0. The maximum Gasteiger partial charge on any atom is 0.267 e. The molecule has 0 spiro atoms. The molecule has 0 aromatic heterocycles. The molecule has 9 N–H and O–H groups in total. The molecule has 0 unspecified atom stereocenters. The lowest BCUT2D eigenvalue weighted by Crippen LogP contribution is -2.15. The summed E-state index contributed by atoms with van der Waals surface area (Å²) in [6, 6.07) is 48.9. The van der Waals surface area contributed by atoms with Crippen molar-refractivity contribution in [3.63, 3.8) is 0 Å². The van der Waals surface area contributed by atoms with E-state index in [4.69, 9.17) is 20.8 Å². The van der Waals surface area contributed by atoms with Crippen molar-refractivity contribution in [1.29, 1.82) is 0 Å². The van der Waals surface area contributed by atoms with Crippen LogP contribution in [0.3, 0.4) is 0 Å². The molecule has 4 amide bonds. The molecule has 20 heteroatoms. The van der Waals surface area contributed by atoms with Crippen LogP contribution < -0.4 is 41.9 Å². The summed E-state index contributed by atoms with van der Waals surface area (Å²) >= 11 is 0. The zero-order valence-electron chi connectivity index (χ0n) is 57.6. The zero-order valence-corrected chi connectivity index (χ0v) is 57.6. The van der Waals surface area contributed by atoms with E-state index in [0.717, 1.165) is 50.6 Å². The van der Waals surface area contributed by atoms with E-state index >= 15 is 0 Å². The van der Waals surface area contributed by atoms with Gasteiger partial charge in [-0.25, -0.2) is 21.9 Å². The van der Waals surface area contributed by atoms with Crippen molar-refractivity contribution in [1.82, 2.24) is 21.9 Å². The lowest BCUT2D eigenvalue weighted by atomic mass is 9.94. The third-order valence-electron chi connectivity index (χ3n) is 14.8. The molecular weight excluding hydrogens is 1240 g/mol. The van der Waals surface area contributed by atoms with Crippen LogP contribution in [0.15, 0.2) is 248 Å². The number of carbonyl (C=O) groups is 8. The number of carbonyl (C=O) groups excluding carboxylic acids is 8. The van der Waals surface area contributed by atoms with Crippen molar-refractivity contribution in [2.45, 2.75) is 47.5 Å². The first-order valence-electron chi connectivity index (χ1n) is 31.4. The van der Waals surface area contributed by atoms with Crippen LogP contribution in [0.1, 0.15) is 93.6 Å². The number of amides is 4. The van der Waals surface area contributed by atoms with Crippen LogP contribution in [0.2, 0.25) is 0 Å². The van der Waals surface area contributed by atoms with Gasteiger partial charge in [0.15, 0.2) is 23.1 Å². The van der Waals surface area contributed by atoms with Crippen molar-refractivity contribution in [2.75, 3.05) is 69.4 Å². The molecule has 20 nitrogen and oxygen atoms in total. The number of hydrogen-bond acceptors (Lipinski definition) is 16. The van der Waals surface area contributed by atoms with Gasteiger partial charge in [0, 0.05) is 142 Å². The average Bonchev–Trinajstić information content (AvgIpc) is 0.911. The van der Waals surface area contributed by atoms with Gasteiger partial charge in [-0.1, -0.05) is 149 Å². The minimum Gasteiger partial charge on any atom is -0.388 e. The summed E-state index contributed by atoms with van der Waals surface area (Å²) in [5.41, 5.74) is 17.1. The first-order chi connectivity index (χ1) is 46.8. The molecule has 0 aliphatic heterocycles. The number of Topliss-reactive ketones (excluding diaryl/α,β-unsaturated/α-hetero) is 4. The molecule has 0 radical (unpaired) electrons. The van der Waals surface area contributed by atoms with Crippen LogP contribution in [0.25, 0.3) is 5.57 Å². The number of nitrogens with zero attached hydrogens (tertiary/aromatic N) is 3.